The van der Waals surface area contributed by atoms with E-state index in [2.05, 4.69) is 23.8 Å². The summed E-state index contributed by atoms with van der Waals surface area (Å²) in [5, 5.41) is 17.4. The highest BCUT2D eigenvalue weighted by Gasteiger charge is 2.23. The highest BCUT2D eigenvalue weighted by Crippen LogP contribution is 2.27. The standard InChI is InChI=1S/C25H32N4O3S/c1-5-18-6-8-21(20(26)13-18)27-17(3)22(15-33-4)28-25(31)19-7-9-23(16(2)12-19)29-10-11-32-14-24(29)30/h5-9,12-13,22,25,27-28,31H,1,3,10-11,14-15,26H2,2,4H3/t22-,25?/m0/s1. The van der Waals surface area contributed by atoms with E-state index in [-0.39, 0.29) is 18.6 Å². The Bertz CT molecular complexity index is 1030. The molecule has 2 aromatic carbocycles. The zero-order valence-electron chi connectivity index (χ0n) is 19.1. The lowest BCUT2D eigenvalue weighted by atomic mass is 10.1. The topological polar surface area (TPSA) is 99.9 Å². The fourth-order valence-electron chi connectivity index (χ4n) is 3.71. The highest BCUT2D eigenvalue weighted by molar-refractivity contribution is 7.98. The minimum absolute atomic E-state index is 0.0569. The first-order valence-electron chi connectivity index (χ1n) is 10.7. The molecule has 1 saturated heterocycles. The molecule has 8 heteroatoms. The van der Waals surface area contributed by atoms with Crippen LogP contribution in [0.3, 0.4) is 0 Å². The van der Waals surface area contributed by atoms with E-state index in [1.54, 1.807) is 22.7 Å². The highest BCUT2D eigenvalue weighted by atomic mass is 32.2. The number of amides is 1. The van der Waals surface area contributed by atoms with Gasteiger partial charge in [-0.15, -0.1) is 0 Å². The van der Waals surface area contributed by atoms with Gasteiger partial charge in [-0.05, 0) is 48.1 Å². The average molecular weight is 469 g/mol. The second-order valence-corrected chi connectivity index (χ2v) is 8.83. The minimum Gasteiger partial charge on any atom is -0.397 e. The van der Waals surface area contributed by atoms with Gasteiger partial charge in [0.15, 0.2) is 0 Å². The second kappa shape index (κ2) is 11.4. The van der Waals surface area contributed by atoms with Crippen LogP contribution in [0, 0.1) is 6.92 Å². The van der Waals surface area contributed by atoms with Crippen molar-refractivity contribution in [2.75, 3.05) is 47.7 Å². The molecule has 7 nitrogen and oxygen atoms in total. The summed E-state index contributed by atoms with van der Waals surface area (Å²) in [6.07, 6.45) is 2.83. The molecule has 0 radical (unpaired) electrons. The number of hydrogen-bond acceptors (Lipinski definition) is 7. The minimum atomic E-state index is -0.908. The molecular weight excluding hydrogens is 436 g/mol. The summed E-state index contributed by atoms with van der Waals surface area (Å²) in [6.45, 7) is 11.0. The predicted molar refractivity (Wildman–Crippen MR) is 138 cm³/mol. The summed E-state index contributed by atoms with van der Waals surface area (Å²) < 4.78 is 5.22. The van der Waals surface area contributed by atoms with Crippen molar-refractivity contribution < 1.29 is 14.6 Å². The summed E-state index contributed by atoms with van der Waals surface area (Å²) in [5.41, 5.74) is 11.6. The number of nitrogens with one attached hydrogen (secondary N) is 2. The van der Waals surface area contributed by atoms with Crippen LogP contribution in [0.4, 0.5) is 17.1 Å². The van der Waals surface area contributed by atoms with Crippen LogP contribution in [0.15, 0.2) is 55.3 Å². The Morgan fingerprint density at radius 1 is 1.36 bits per heavy atom. The van der Waals surface area contributed by atoms with Gasteiger partial charge in [-0.25, -0.2) is 0 Å². The lowest BCUT2D eigenvalue weighted by molar-refractivity contribution is -0.125. The third-order valence-electron chi connectivity index (χ3n) is 5.53. The lowest BCUT2D eigenvalue weighted by Crippen LogP contribution is -2.42. The molecule has 1 aliphatic heterocycles. The number of carbonyl (C=O) groups is 1. The maximum Gasteiger partial charge on any atom is 0.253 e. The Hall–Kier alpha value is -2.78. The molecular formula is C25H32N4O3S. The van der Waals surface area contributed by atoms with Gasteiger partial charge < -0.3 is 25.8 Å². The maximum absolute atomic E-state index is 12.2. The SMILES string of the molecule is C=Cc1ccc(NC(=C)[C@H](CSC)NC(O)c2ccc(N3CCOCC3=O)c(C)c2)c(N)c1. The molecule has 1 heterocycles. The van der Waals surface area contributed by atoms with Crippen LogP contribution >= 0.6 is 11.8 Å². The molecule has 1 aliphatic rings. The Morgan fingerprint density at radius 3 is 2.79 bits per heavy atom. The van der Waals surface area contributed by atoms with Gasteiger partial charge >= 0.3 is 0 Å². The normalized spacial score (nSPS) is 15.7. The van der Waals surface area contributed by atoms with Gasteiger partial charge in [-0.1, -0.05) is 37.4 Å². The second-order valence-electron chi connectivity index (χ2n) is 7.92. The van der Waals surface area contributed by atoms with Crippen molar-refractivity contribution in [2.45, 2.75) is 19.2 Å². The summed E-state index contributed by atoms with van der Waals surface area (Å²) >= 11 is 1.65. The van der Waals surface area contributed by atoms with Crippen LogP contribution in [0.5, 0.6) is 0 Å². The van der Waals surface area contributed by atoms with E-state index in [0.29, 0.717) is 35.9 Å². The molecule has 176 valence electrons. The van der Waals surface area contributed by atoms with E-state index < -0.39 is 6.23 Å². The number of nitrogens with two attached hydrogens (primary N) is 1. The van der Waals surface area contributed by atoms with Gasteiger partial charge in [0, 0.05) is 23.7 Å². The first kappa shape index (κ1) is 24.9. The number of carbonyl (C=O) groups excluding carboxylic acids is 1. The van der Waals surface area contributed by atoms with Gasteiger partial charge in [0.1, 0.15) is 12.8 Å². The molecule has 0 aromatic heterocycles. The van der Waals surface area contributed by atoms with Gasteiger partial charge in [0.05, 0.1) is 24.0 Å². The Balaban J connectivity index is 1.71. The molecule has 0 aliphatic carbocycles. The number of morpholine rings is 1. The molecule has 1 amide bonds. The molecule has 33 heavy (non-hydrogen) atoms. The molecule has 5 N–H and O–H groups in total. The van der Waals surface area contributed by atoms with Crippen molar-refractivity contribution in [1.82, 2.24) is 5.32 Å². The first-order valence-corrected chi connectivity index (χ1v) is 12.1. The number of nitrogen functional groups attached to an aromatic ring is 1. The predicted octanol–water partition coefficient (Wildman–Crippen LogP) is 3.52. The summed E-state index contributed by atoms with van der Waals surface area (Å²) in [7, 11) is 0. The lowest BCUT2D eigenvalue weighted by Gasteiger charge is -2.29. The number of nitrogens with zero attached hydrogens (tertiary/aromatic N) is 1. The molecule has 0 spiro atoms. The van der Waals surface area contributed by atoms with Crippen molar-refractivity contribution in [3.63, 3.8) is 0 Å². The van der Waals surface area contributed by atoms with Crippen LogP contribution in [-0.2, 0) is 9.53 Å². The molecule has 0 bridgehead atoms. The number of aryl methyl sites for hydroxylation is 1. The smallest absolute Gasteiger partial charge is 0.253 e. The third kappa shape index (κ3) is 6.17. The Labute approximate surface area is 199 Å². The van der Waals surface area contributed by atoms with Crippen molar-refractivity contribution in [1.29, 1.82) is 0 Å². The molecule has 2 aromatic rings. The van der Waals surface area contributed by atoms with Gasteiger partial charge in [0.2, 0.25) is 0 Å². The summed E-state index contributed by atoms with van der Waals surface area (Å²) in [4.78, 5) is 13.9. The van der Waals surface area contributed by atoms with Crippen LogP contribution in [0.2, 0.25) is 0 Å². The number of anilines is 3. The number of aliphatic hydroxyl groups is 1. The van der Waals surface area contributed by atoms with Gasteiger partial charge in [-0.2, -0.15) is 11.8 Å². The van der Waals surface area contributed by atoms with E-state index in [4.69, 9.17) is 10.5 Å². The van der Waals surface area contributed by atoms with Gasteiger partial charge in [-0.3, -0.25) is 10.1 Å². The van der Waals surface area contributed by atoms with E-state index in [9.17, 15) is 9.90 Å². The average Bonchev–Trinajstić information content (AvgIpc) is 2.80. The van der Waals surface area contributed by atoms with E-state index >= 15 is 0 Å². The van der Waals surface area contributed by atoms with Crippen molar-refractivity contribution >= 4 is 40.8 Å². The van der Waals surface area contributed by atoms with Gasteiger partial charge in [0.25, 0.3) is 5.91 Å². The van der Waals surface area contributed by atoms with Crippen LogP contribution in [-0.4, -0.2) is 48.8 Å². The molecule has 2 atom stereocenters. The molecule has 3 rings (SSSR count). The fraction of sp³-hybridized carbons (Fsp3) is 0.320. The Morgan fingerprint density at radius 2 is 2.15 bits per heavy atom. The zero-order valence-corrected chi connectivity index (χ0v) is 20.0. The fourth-order valence-corrected chi connectivity index (χ4v) is 4.34. The third-order valence-corrected chi connectivity index (χ3v) is 6.20. The number of hydrogen-bond donors (Lipinski definition) is 4. The van der Waals surface area contributed by atoms with E-state index in [1.807, 2.05) is 49.6 Å². The number of aliphatic hydroxyl groups excluding tert-OH is 1. The number of ether oxygens (including phenoxy) is 1. The summed E-state index contributed by atoms with van der Waals surface area (Å²) in [6, 6.07) is 11.0. The Kier molecular flexibility index (Phi) is 8.57. The van der Waals surface area contributed by atoms with Crippen molar-refractivity contribution in [3.8, 4) is 0 Å². The van der Waals surface area contributed by atoms with E-state index in [0.717, 1.165) is 22.5 Å². The largest absolute Gasteiger partial charge is 0.397 e. The maximum atomic E-state index is 12.2. The molecule has 1 unspecified atom stereocenters. The number of benzene rings is 2. The first-order chi connectivity index (χ1) is 15.8. The van der Waals surface area contributed by atoms with Crippen molar-refractivity contribution in [2.24, 2.45) is 0 Å². The van der Waals surface area contributed by atoms with Crippen molar-refractivity contribution in [3.05, 3.63) is 71.9 Å². The monoisotopic (exact) mass is 468 g/mol. The molecule has 0 saturated carbocycles. The zero-order chi connectivity index (χ0) is 24.0. The van der Waals surface area contributed by atoms with Crippen LogP contribution < -0.4 is 21.3 Å². The molecule has 1 fully saturated rings. The number of thioether (sulfide) groups is 1. The quantitative estimate of drug-likeness (QED) is 0.313. The van der Waals surface area contributed by atoms with Crippen LogP contribution in [0.25, 0.3) is 6.08 Å². The number of rotatable bonds is 10. The van der Waals surface area contributed by atoms with Crippen LogP contribution in [0.1, 0.15) is 22.9 Å². The summed E-state index contributed by atoms with van der Waals surface area (Å²) in [5.74, 6) is 0.644. The van der Waals surface area contributed by atoms with E-state index in [1.165, 1.54) is 0 Å².